The van der Waals surface area contributed by atoms with Gasteiger partial charge >= 0.3 is 12.1 Å². The van der Waals surface area contributed by atoms with E-state index in [1.165, 1.54) is 7.11 Å². The highest BCUT2D eigenvalue weighted by atomic mass is 32.2. The monoisotopic (exact) mass is 540 g/mol. The Kier molecular flexibility index (Phi) is 12.2. The number of carbonyl (C=O) groups excluding carboxylic acids is 2. The highest BCUT2D eigenvalue weighted by molar-refractivity contribution is 7.89. The van der Waals surface area contributed by atoms with Gasteiger partial charge in [-0.25, -0.2) is 17.9 Å². The Morgan fingerprint density at radius 1 is 1.11 bits per heavy atom. The van der Waals surface area contributed by atoms with Crippen molar-refractivity contribution in [3.8, 4) is 5.75 Å². The van der Waals surface area contributed by atoms with Crippen molar-refractivity contribution >= 4 is 22.1 Å². The molecule has 1 fully saturated rings. The first-order chi connectivity index (χ1) is 17.4. The number of ether oxygens (including phenoxy) is 3. The molecular weight excluding hydrogens is 496 g/mol. The smallest absolute Gasteiger partial charge is 0.410 e. The lowest BCUT2D eigenvalue weighted by atomic mass is 9.92. The van der Waals surface area contributed by atoms with Crippen molar-refractivity contribution in [3.63, 3.8) is 0 Å². The van der Waals surface area contributed by atoms with Gasteiger partial charge in [0.2, 0.25) is 10.0 Å². The number of amides is 1. The summed E-state index contributed by atoms with van der Waals surface area (Å²) >= 11 is 0. The highest BCUT2D eigenvalue weighted by Gasteiger charge is 2.27. The van der Waals surface area contributed by atoms with Gasteiger partial charge in [-0.3, -0.25) is 4.79 Å². The van der Waals surface area contributed by atoms with Crippen molar-refractivity contribution in [2.45, 2.75) is 84.3 Å². The molecule has 9 nitrogen and oxygen atoms in total. The predicted octanol–water partition coefficient (Wildman–Crippen LogP) is 4.30. The Bertz CT molecular complexity index is 950. The van der Waals surface area contributed by atoms with Gasteiger partial charge in [0, 0.05) is 13.1 Å². The van der Waals surface area contributed by atoms with Crippen LogP contribution in [0, 0.1) is 5.92 Å². The molecule has 0 spiro atoms. The SMILES string of the molecule is CCCS(=O)(=O)N[C@@H](Cc1ccc(OCCCCC2CCN(C(=O)OC(C)(C)C)CC2)cc1)C(=O)OC. The van der Waals surface area contributed by atoms with E-state index in [2.05, 4.69) is 4.72 Å². The maximum absolute atomic E-state index is 12.2. The van der Waals surface area contributed by atoms with Crippen molar-refractivity contribution in [1.29, 1.82) is 0 Å². The molecule has 1 aliphatic heterocycles. The number of carbonyl (C=O) groups is 2. The van der Waals surface area contributed by atoms with Crippen LogP contribution in [0.2, 0.25) is 0 Å². The highest BCUT2D eigenvalue weighted by Crippen LogP contribution is 2.24. The number of methoxy groups -OCH3 is 1. The van der Waals surface area contributed by atoms with Gasteiger partial charge in [-0.2, -0.15) is 0 Å². The van der Waals surface area contributed by atoms with Crippen molar-refractivity contribution < 1.29 is 32.2 Å². The molecule has 0 aromatic heterocycles. The van der Waals surface area contributed by atoms with Gasteiger partial charge in [0.05, 0.1) is 19.5 Å². The normalized spacial score (nSPS) is 15.8. The minimum atomic E-state index is -3.55. The van der Waals surface area contributed by atoms with E-state index in [9.17, 15) is 18.0 Å². The van der Waals surface area contributed by atoms with Crippen LogP contribution >= 0.6 is 0 Å². The number of rotatable bonds is 13. The van der Waals surface area contributed by atoms with E-state index in [-0.39, 0.29) is 18.3 Å². The number of esters is 1. The number of likely N-dealkylation sites (tertiary alicyclic amines) is 1. The first-order valence-electron chi connectivity index (χ1n) is 13.2. The van der Waals surface area contributed by atoms with E-state index in [4.69, 9.17) is 14.2 Å². The number of benzene rings is 1. The number of sulfonamides is 1. The summed E-state index contributed by atoms with van der Waals surface area (Å²) in [6.45, 7) is 9.53. The number of nitrogens with zero attached hydrogens (tertiary/aromatic N) is 1. The Morgan fingerprint density at radius 2 is 1.76 bits per heavy atom. The summed E-state index contributed by atoms with van der Waals surface area (Å²) in [7, 11) is -2.31. The molecule has 1 atom stereocenters. The third-order valence-corrected chi connectivity index (χ3v) is 7.77. The average molecular weight is 541 g/mol. The molecule has 1 N–H and O–H groups in total. The summed E-state index contributed by atoms with van der Waals surface area (Å²) < 4.78 is 42.7. The Balaban J connectivity index is 1.69. The van der Waals surface area contributed by atoms with Gasteiger partial charge in [-0.15, -0.1) is 0 Å². The fourth-order valence-corrected chi connectivity index (χ4v) is 5.54. The summed E-state index contributed by atoms with van der Waals surface area (Å²) in [5.74, 6) is 0.694. The van der Waals surface area contributed by atoms with E-state index in [1.807, 2.05) is 49.9 Å². The van der Waals surface area contributed by atoms with Crippen molar-refractivity contribution in [3.05, 3.63) is 29.8 Å². The van der Waals surface area contributed by atoms with Crippen molar-refractivity contribution in [1.82, 2.24) is 9.62 Å². The molecule has 210 valence electrons. The van der Waals surface area contributed by atoms with Crippen LogP contribution in [0.15, 0.2) is 24.3 Å². The molecule has 1 amide bonds. The minimum absolute atomic E-state index is 0.0431. The molecule has 1 aromatic rings. The zero-order chi connectivity index (χ0) is 27.5. The quantitative estimate of drug-likeness (QED) is 0.293. The van der Waals surface area contributed by atoms with E-state index < -0.39 is 27.6 Å². The molecule has 1 heterocycles. The maximum Gasteiger partial charge on any atom is 0.410 e. The first kappa shape index (κ1) is 30.9. The molecule has 0 saturated carbocycles. The molecule has 1 aromatic carbocycles. The molecule has 37 heavy (non-hydrogen) atoms. The van der Waals surface area contributed by atoms with Crippen LogP contribution < -0.4 is 9.46 Å². The summed E-state index contributed by atoms with van der Waals surface area (Å²) in [4.78, 5) is 26.1. The van der Waals surface area contributed by atoms with Crippen LogP contribution in [0.5, 0.6) is 5.75 Å². The van der Waals surface area contributed by atoms with Gasteiger partial charge in [0.15, 0.2) is 0 Å². The maximum atomic E-state index is 12.2. The zero-order valence-corrected chi connectivity index (χ0v) is 23.8. The fourth-order valence-electron chi connectivity index (χ4n) is 4.27. The van der Waals surface area contributed by atoms with Crippen molar-refractivity contribution in [2.75, 3.05) is 32.6 Å². The molecule has 10 heteroatoms. The van der Waals surface area contributed by atoms with Crippen LogP contribution in [-0.2, 0) is 30.7 Å². The second-order valence-corrected chi connectivity index (χ2v) is 12.5. The molecule has 1 saturated heterocycles. The molecular formula is C27H44N2O7S. The summed E-state index contributed by atoms with van der Waals surface area (Å²) in [5.41, 5.74) is 0.341. The summed E-state index contributed by atoms with van der Waals surface area (Å²) in [6, 6.07) is 6.35. The zero-order valence-electron chi connectivity index (χ0n) is 23.0. The third-order valence-electron chi connectivity index (χ3n) is 6.19. The Labute approximate surface area is 222 Å². The number of unbranched alkanes of at least 4 members (excludes halogenated alkanes) is 1. The van der Waals surface area contributed by atoms with Crippen LogP contribution in [0.4, 0.5) is 4.79 Å². The molecule has 0 radical (unpaired) electrons. The van der Waals surface area contributed by atoms with E-state index in [0.717, 1.165) is 56.5 Å². The average Bonchev–Trinajstić information content (AvgIpc) is 2.83. The summed E-state index contributed by atoms with van der Waals surface area (Å²) in [5, 5.41) is 0. The van der Waals surface area contributed by atoms with E-state index in [0.29, 0.717) is 18.9 Å². The molecule has 0 aliphatic carbocycles. The fraction of sp³-hybridized carbons (Fsp3) is 0.704. The minimum Gasteiger partial charge on any atom is -0.494 e. The number of hydrogen-bond donors (Lipinski definition) is 1. The lowest BCUT2D eigenvalue weighted by Gasteiger charge is -2.33. The molecule has 2 rings (SSSR count). The van der Waals surface area contributed by atoms with E-state index in [1.54, 1.807) is 6.92 Å². The first-order valence-corrected chi connectivity index (χ1v) is 14.8. The van der Waals surface area contributed by atoms with Crippen LogP contribution in [0.1, 0.15) is 71.8 Å². The van der Waals surface area contributed by atoms with Crippen LogP contribution in [0.25, 0.3) is 0 Å². The predicted molar refractivity (Wildman–Crippen MR) is 143 cm³/mol. The van der Waals surface area contributed by atoms with Crippen LogP contribution in [0.3, 0.4) is 0 Å². The second kappa shape index (κ2) is 14.6. The third kappa shape index (κ3) is 11.7. The Morgan fingerprint density at radius 3 is 2.32 bits per heavy atom. The van der Waals surface area contributed by atoms with Crippen molar-refractivity contribution in [2.24, 2.45) is 5.92 Å². The largest absolute Gasteiger partial charge is 0.494 e. The lowest BCUT2D eigenvalue weighted by molar-refractivity contribution is -0.142. The van der Waals surface area contributed by atoms with E-state index >= 15 is 0 Å². The number of hydrogen-bond acceptors (Lipinski definition) is 7. The van der Waals surface area contributed by atoms with Gasteiger partial charge in [0.25, 0.3) is 0 Å². The van der Waals surface area contributed by atoms with Gasteiger partial charge in [-0.1, -0.05) is 25.5 Å². The van der Waals surface area contributed by atoms with Gasteiger partial charge < -0.3 is 19.1 Å². The molecule has 1 aliphatic rings. The molecule has 0 bridgehead atoms. The number of piperidine rings is 1. The Hall–Kier alpha value is -2.33. The molecule has 0 unspecified atom stereocenters. The van der Waals surface area contributed by atoms with Gasteiger partial charge in [-0.05, 0) is 82.9 Å². The van der Waals surface area contributed by atoms with Gasteiger partial charge in [0.1, 0.15) is 17.4 Å². The topological polar surface area (TPSA) is 111 Å². The summed E-state index contributed by atoms with van der Waals surface area (Å²) in [6.07, 6.45) is 5.57. The second-order valence-electron chi connectivity index (χ2n) is 10.6. The lowest BCUT2D eigenvalue weighted by Crippen LogP contribution is -2.43. The van der Waals surface area contributed by atoms with Crippen LogP contribution in [-0.4, -0.2) is 69.6 Å². The number of nitrogens with one attached hydrogen (secondary N) is 1. The standard InChI is InChI=1S/C27H44N2O7S/c1-6-19-37(32,33)28-24(25(30)34-5)20-22-10-12-23(13-11-22)35-18-8-7-9-21-14-16-29(17-15-21)26(31)36-27(2,3)4/h10-13,21,24,28H,6-9,14-20H2,1-5H3/t24-/m0/s1.